The Hall–Kier alpha value is -0.870. The third kappa shape index (κ3) is 4.82. The molecule has 0 unspecified atom stereocenters. The molecule has 0 amide bonds. The largest absolute Gasteiger partial charge is 0.298 e. The Bertz CT molecular complexity index is 639. The van der Waals surface area contributed by atoms with E-state index in [0.717, 1.165) is 11.1 Å². The molecule has 0 saturated heterocycles. The first-order chi connectivity index (χ1) is 10.8. The molecular weight excluding hydrogens is 320 g/mol. The second-order valence-electron chi connectivity index (χ2n) is 8.14. The summed E-state index contributed by atoms with van der Waals surface area (Å²) in [6, 6.07) is 4.08. The fourth-order valence-corrected chi connectivity index (χ4v) is 4.54. The second kappa shape index (κ2) is 7.57. The summed E-state index contributed by atoms with van der Waals surface area (Å²) in [5.41, 5.74) is 2.18. The SMILES string of the molecule is CCC(C)(C)OS(=O)(=O)c1c(C(C)C)cc(C(C)C)cc1C(C)C. The lowest BCUT2D eigenvalue weighted by atomic mass is 9.89. The van der Waals surface area contributed by atoms with Crippen molar-refractivity contribution in [2.24, 2.45) is 0 Å². The molecular formula is C20H34O3S. The van der Waals surface area contributed by atoms with Gasteiger partial charge in [0.1, 0.15) is 4.90 Å². The highest BCUT2D eigenvalue weighted by atomic mass is 32.2. The van der Waals surface area contributed by atoms with Gasteiger partial charge in [0.15, 0.2) is 0 Å². The van der Waals surface area contributed by atoms with Crippen molar-refractivity contribution in [1.82, 2.24) is 0 Å². The van der Waals surface area contributed by atoms with Crippen LogP contribution in [0.3, 0.4) is 0 Å². The van der Waals surface area contributed by atoms with E-state index < -0.39 is 15.7 Å². The monoisotopic (exact) mass is 354 g/mol. The minimum absolute atomic E-state index is 0.110. The summed E-state index contributed by atoms with van der Waals surface area (Å²) in [6.07, 6.45) is 0.629. The van der Waals surface area contributed by atoms with Crippen molar-refractivity contribution in [1.29, 1.82) is 0 Å². The van der Waals surface area contributed by atoms with Gasteiger partial charge in [-0.15, -0.1) is 0 Å². The van der Waals surface area contributed by atoms with E-state index in [4.69, 9.17) is 4.18 Å². The quantitative estimate of drug-likeness (QED) is 0.568. The lowest BCUT2D eigenvalue weighted by Gasteiger charge is -2.27. The molecule has 0 aliphatic carbocycles. The predicted molar refractivity (Wildman–Crippen MR) is 101 cm³/mol. The Morgan fingerprint density at radius 1 is 0.917 bits per heavy atom. The summed E-state index contributed by atoms with van der Waals surface area (Å²) >= 11 is 0. The van der Waals surface area contributed by atoms with Crippen LogP contribution in [0.1, 0.15) is 103 Å². The van der Waals surface area contributed by atoms with Gasteiger partial charge in [-0.25, -0.2) is 0 Å². The van der Waals surface area contributed by atoms with Gasteiger partial charge in [-0.05, 0) is 54.7 Å². The van der Waals surface area contributed by atoms with Gasteiger partial charge < -0.3 is 0 Å². The summed E-state index contributed by atoms with van der Waals surface area (Å²) in [6.45, 7) is 18.0. The summed E-state index contributed by atoms with van der Waals surface area (Å²) in [4.78, 5) is 0.374. The Balaban J connectivity index is 3.72. The maximum Gasteiger partial charge on any atom is 0.298 e. The zero-order valence-electron chi connectivity index (χ0n) is 16.7. The van der Waals surface area contributed by atoms with E-state index in [0.29, 0.717) is 17.2 Å². The van der Waals surface area contributed by atoms with Crippen LogP contribution in [-0.2, 0) is 14.3 Å². The van der Waals surface area contributed by atoms with Crippen molar-refractivity contribution >= 4 is 10.1 Å². The van der Waals surface area contributed by atoms with Gasteiger partial charge in [0.25, 0.3) is 10.1 Å². The van der Waals surface area contributed by atoms with Gasteiger partial charge >= 0.3 is 0 Å². The highest BCUT2D eigenvalue weighted by molar-refractivity contribution is 7.87. The zero-order chi connectivity index (χ0) is 18.9. The highest BCUT2D eigenvalue weighted by Crippen LogP contribution is 2.37. The van der Waals surface area contributed by atoms with Crippen LogP contribution >= 0.6 is 0 Å². The van der Waals surface area contributed by atoms with Crippen LogP contribution in [-0.4, -0.2) is 14.0 Å². The first-order valence-electron chi connectivity index (χ1n) is 8.95. The standard InChI is InChI=1S/C20H34O3S/c1-10-20(8,9)23-24(21,22)19-17(14(4)5)11-16(13(2)3)12-18(19)15(6)7/h11-15H,10H2,1-9H3. The van der Waals surface area contributed by atoms with E-state index in [1.165, 1.54) is 5.56 Å². The third-order valence-electron chi connectivity index (χ3n) is 4.52. The van der Waals surface area contributed by atoms with Crippen molar-refractivity contribution in [3.05, 3.63) is 28.8 Å². The molecule has 0 N–H and O–H groups in total. The molecule has 0 spiro atoms. The molecule has 1 aromatic rings. The lowest BCUT2D eigenvalue weighted by molar-refractivity contribution is 0.113. The lowest BCUT2D eigenvalue weighted by Crippen LogP contribution is -2.28. The van der Waals surface area contributed by atoms with E-state index in [1.54, 1.807) is 0 Å². The van der Waals surface area contributed by atoms with Crippen LogP contribution in [0.15, 0.2) is 17.0 Å². The topological polar surface area (TPSA) is 43.4 Å². The molecule has 0 atom stereocenters. The first kappa shape index (κ1) is 21.2. The molecule has 0 aliphatic rings. The zero-order valence-corrected chi connectivity index (χ0v) is 17.5. The van der Waals surface area contributed by atoms with E-state index in [2.05, 4.69) is 13.8 Å². The Kier molecular flexibility index (Phi) is 6.68. The minimum atomic E-state index is -3.82. The normalized spacial score (nSPS) is 13.3. The number of rotatable bonds is 7. The van der Waals surface area contributed by atoms with Gasteiger partial charge in [-0.3, -0.25) is 4.18 Å². The average molecular weight is 355 g/mol. The van der Waals surface area contributed by atoms with Crippen molar-refractivity contribution in [3.8, 4) is 0 Å². The van der Waals surface area contributed by atoms with Crippen LogP contribution in [0.2, 0.25) is 0 Å². The Morgan fingerprint density at radius 2 is 1.33 bits per heavy atom. The predicted octanol–water partition coefficient (Wildman–Crippen LogP) is 5.95. The summed E-state index contributed by atoms with van der Waals surface area (Å²) in [5.74, 6) is 0.573. The Labute approximate surface area is 148 Å². The van der Waals surface area contributed by atoms with Gasteiger partial charge in [0.05, 0.1) is 5.60 Å². The molecule has 1 rings (SSSR count). The van der Waals surface area contributed by atoms with Crippen molar-refractivity contribution < 1.29 is 12.6 Å². The molecule has 0 radical (unpaired) electrons. The summed E-state index contributed by atoms with van der Waals surface area (Å²) in [7, 11) is -3.82. The van der Waals surface area contributed by atoms with Gasteiger partial charge in [0, 0.05) is 0 Å². The van der Waals surface area contributed by atoms with E-state index >= 15 is 0 Å². The maximum absolute atomic E-state index is 13.1. The molecule has 0 saturated carbocycles. The minimum Gasteiger partial charge on any atom is -0.260 e. The van der Waals surface area contributed by atoms with Crippen molar-refractivity contribution in [3.63, 3.8) is 0 Å². The maximum atomic E-state index is 13.1. The van der Waals surface area contributed by atoms with Crippen molar-refractivity contribution in [2.45, 2.75) is 97.0 Å². The van der Waals surface area contributed by atoms with Gasteiger partial charge in [-0.1, -0.05) is 60.6 Å². The highest BCUT2D eigenvalue weighted by Gasteiger charge is 2.32. The summed E-state index contributed by atoms with van der Waals surface area (Å²) in [5, 5.41) is 0. The van der Waals surface area contributed by atoms with E-state index in [1.807, 2.05) is 60.6 Å². The average Bonchev–Trinajstić information content (AvgIpc) is 2.44. The number of hydrogen-bond donors (Lipinski definition) is 0. The molecule has 1 aromatic carbocycles. The number of hydrogen-bond acceptors (Lipinski definition) is 3. The number of benzene rings is 1. The van der Waals surface area contributed by atoms with Gasteiger partial charge in [0.2, 0.25) is 0 Å². The summed E-state index contributed by atoms with van der Waals surface area (Å²) < 4.78 is 31.8. The fraction of sp³-hybridized carbons (Fsp3) is 0.700. The molecule has 0 fully saturated rings. The molecule has 24 heavy (non-hydrogen) atoms. The van der Waals surface area contributed by atoms with Crippen LogP contribution in [0.5, 0.6) is 0 Å². The van der Waals surface area contributed by atoms with Crippen molar-refractivity contribution in [2.75, 3.05) is 0 Å². The smallest absolute Gasteiger partial charge is 0.260 e. The molecule has 0 bridgehead atoms. The molecule has 0 heterocycles. The van der Waals surface area contributed by atoms with Crippen LogP contribution < -0.4 is 0 Å². The van der Waals surface area contributed by atoms with Crippen LogP contribution in [0.25, 0.3) is 0 Å². The molecule has 0 aliphatic heterocycles. The van der Waals surface area contributed by atoms with E-state index in [-0.39, 0.29) is 11.8 Å². The second-order valence-corrected chi connectivity index (χ2v) is 9.63. The van der Waals surface area contributed by atoms with Gasteiger partial charge in [-0.2, -0.15) is 8.42 Å². The van der Waals surface area contributed by atoms with E-state index in [9.17, 15) is 8.42 Å². The molecule has 3 nitrogen and oxygen atoms in total. The molecule has 0 aromatic heterocycles. The third-order valence-corrected chi connectivity index (χ3v) is 6.16. The van der Waals surface area contributed by atoms with Crippen LogP contribution in [0.4, 0.5) is 0 Å². The first-order valence-corrected chi connectivity index (χ1v) is 10.4. The molecule has 138 valence electrons. The fourth-order valence-electron chi connectivity index (χ4n) is 2.58. The Morgan fingerprint density at radius 3 is 1.62 bits per heavy atom. The van der Waals surface area contributed by atoms with Crippen LogP contribution in [0, 0.1) is 0 Å². The molecule has 4 heteroatoms.